The molecule has 0 aliphatic carbocycles. The number of amides is 1. The summed E-state index contributed by atoms with van der Waals surface area (Å²) in [5, 5.41) is 0. The van der Waals surface area contributed by atoms with Gasteiger partial charge in [-0.2, -0.15) is 17.4 Å². The van der Waals surface area contributed by atoms with Crippen LogP contribution in [0.15, 0.2) is 30.7 Å². The lowest BCUT2D eigenvalue weighted by Crippen LogP contribution is -2.61. The van der Waals surface area contributed by atoms with E-state index in [2.05, 4.69) is 24.5 Å². The summed E-state index contributed by atoms with van der Waals surface area (Å²) in [7, 11) is 1.24. The molecule has 3 aliphatic rings. The predicted molar refractivity (Wildman–Crippen MR) is 165 cm³/mol. The first-order valence-electron chi connectivity index (χ1n) is 15.2. The minimum Gasteiger partial charge on any atom is -0.451 e. The Hall–Kier alpha value is -2.91. The van der Waals surface area contributed by atoms with Gasteiger partial charge in [-0.25, -0.2) is 14.4 Å². The van der Waals surface area contributed by atoms with Gasteiger partial charge in [-0.15, -0.1) is 0 Å². The Kier molecular flexibility index (Phi) is 9.75. The molecule has 3 saturated heterocycles. The minimum atomic E-state index is -3.46. The van der Waals surface area contributed by atoms with Crippen molar-refractivity contribution in [2.45, 2.75) is 57.7 Å². The number of hydrogen-bond acceptors (Lipinski definition) is 9. The van der Waals surface area contributed by atoms with Gasteiger partial charge in [0.15, 0.2) is 11.6 Å². The number of nitrogens with zero attached hydrogens (tertiary/aromatic N) is 6. The largest absolute Gasteiger partial charge is 0.451 e. The molecule has 0 radical (unpaired) electrons. The van der Waals surface area contributed by atoms with Crippen molar-refractivity contribution < 1.29 is 27.1 Å². The summed E-state index contributed by atoms with van der Waals surface area (Å²) < 4.78 is 54.5. The van der Waals surface area contributed by atoms with E-state index in [9.17, 15) is 17.6 Å². The summed E-state index contributed by atoms with van der Waals surface area (Å²) in [5.74, 6) is 0.506. The van der Waals surface area contributed by atoms with E-state index in [4.69, 9.17) is 9.47 Å². The van der Waals surface area contributed by atoms with Crippen molar-refractivity contribution in [1.82, 2.24) is 28.8 Å². The van der Waals surface area contributed by atoms with Gasteiger partial charge in [0, 0.05) is 58.3 Å². The van der Waals surface area contributed by atoms with Crippen LogP contribution in [0.2, 0.25) is 0 Å². The molecule has 5 rings (SSSR count). The smallest absolute Gasteiger partial charge is 0.279 e. The average Bonchev–Trinajstić information content (AvgIpc) is 2.97. The van der Waals surface area contributed by atoms with E-state index in [0.717, 1.165) is 58.4 Å². The number of halogens is 1. The van der Waals surface area contributed by atoms with Crippen molar-refractivity contribution in [3.8, 4) is 11.5 Å². The first kappa shape index (κ1) is 32.5. The number of likely N-dealkylation sites (tertiary alicyclic amines) is 1. The standard InChI is InChI=1S/C30H44FN7O5S/c1-21(2)36(5)29(39)25-14-22(31)6-9-26(25)43-27-15-32-20-33-28(27)38-18-30(19-38)10-12-37(13-11-30)16-24-8-7-23(17-42-24)34-44(40,41)35(3)4/h6,9,14-15,20-21,23-24,34H,7-8,10-13,16-19H2,1-5H3/t23-,24+/m1/s1. The van der Waals surface area contributed by atoms with E-state index >= 15 is 0 Å². The number of ether oxygens (including phenoxy) is 2. The van der Waals surface area contributed by atoms with Crippen molar-refractivity contribution >= 4 is 21.9 Å². The first-order chi connectivity index (χ1) is 20.9. The Balaban J connectivity index is 1.14. The Morgan fingerprint density at radius 1 is 1.18 bits per heavy atom. The van der Waals surface area contributed by atoms with Crippen LogP contribution in [0.4, 0.5) is 10.2 Å². The molecule has 3 fully saturated rings. The third-order valence-electron chi connectivity index (χ3n) is 9.04. The third kappa shape index (κ3) is 7.31. The van der Waals surface area contributed by atoms with Crippen LogP contribution in [0.1, 0.15) is 49.9 Å². The maximum Gasteiger partial charge on any atom is 0.279 e. The van der Waals surface area contributed by atoms with Gasteiger partial charge in [-0.05, 0) is 70.8 Å². The fourth-order valence-corrected chi connectivity index (χ4v) is 6.83. The van der Waals surface area contributed by atoms with Gasteiger partial charge in [0.25, 0.3) is 16.1 Å². The van der Waals surface area contributed by atoms with Crippen molar-refractivity contribution in [3.05, 3.63) is 42.1 Å². The third-order valence-corrected chi connectivity index (χ3v) is 10.6. The van der Waals surface area contributed by atoms with Crippen LogP contribution in [-0.4, -0.2) is 117 Å². The second-order valence-corrected chi connectivity index (χ2v) is 14.7. The molecule has 1 aromatic carbocycles. The van der Waals surface area contributed by atoms with Gasteiger partial charge >= 0.3 is 0 Å². The molecule has 242 valence electrons. The average molecular weight is 634 g/mol. The van der Waals surface area contributed by atoms with Gasteiger partial charge < -0.3 is 24.2 Å². The van der Waals surface area contributed by atoms with Crippen LogP contribution in [-0.2, 0) is 14.9 Å². The fourth-order valence-electron chi connectivity index (χ4n) is 6.01. The van der Waals surface area contributed by atoms with Crippen LogP contribution in [0.25, 0.3) is 0 Å². The van der Waals surface area contributed by atoms with Gasteiger partial charge in [-0.1, -0.05) is 0 Å². The lowest BCUT2D eigenvalue weighted by molar-refractivity contribution is -0.0300. The monoisotopic (exact) mass is 633 g/mol. The maximum atomic E-state index is 14.1. The summed E-state index contributed by atoms with van der Waals surface area (Å²) in [6.45, 7) is 8.65. The number of carbonyl (C=O) groups excluding carboxylic acids is 1. The zero-order chi connectivity index (χ0) is 31.6. The SMILES string of the molecule is CC(C)N(C)C(=O)c1cc(F)ccc1Oc1cncnc1N1CC2(CCN(C[C@@H]3CC[C@@H](NS(=O)(=O)N(C)C)CO3)CC2)C1. The Bertz CT molecular complexity index is 1420. The fraction of sp³-hybridized carbons (Fsp3) is 0.633. The normalized spacial score (nSPS) is 22.3. The summed E-state index contributed by atoms with van der Waals surface area (Å²) in [6, 6.07) is 3.70. The van der Waals surface area contributed by atoms with E-state index in [-0.39, 0.29) is 40.8 Å². The number of piperidine rings is 1. The van der Waals surface area contributed by atoms with E-state index in [1.165, 1.54) is 42.9 Å². The number of aromatic nitrogens is 2. The lowest BCUT2D eigenvalue weighted by Gasteiger charge is -2.54. The number of hydrogen-bond donors (Lipinski definition) is 1. The second kappa shape index (κ2) is 13.2. The van der Waals surface area contributed by atoms with Crippen molar-refractivity contribution in [2.75, 3.05) is 65.4 Å². The van der Waals surface area contributed by atoms with E-state index in [1.54, 1.807) is 18.1 Å². The summed E-state index contributed by atoms with van der Waals surface area (Å²) >= 11 is 0. The highest BCUT2D eigenvalue weighted by Gasteiger charge is 2.46. The number of benzene rings is 1. The highest BCUT2D eigenvalue weighted by atomic mass is 32.2. The molecule has 1 spiro atoms. The number of rotatable bonds is 10. The molecule has 0 unspecified atom stereocenters. The number of nitrogens with one attached hydrogen (secondary N) is 1. The predicted octanol–water partition coefficient (Wildman–Crippen LogP) is 2.73. The molecular weight excluding hydrogens is 589 g/mol. The summed E-state index contributed by atoms with van der Waals surface area (Å²) in [4.78, 5) is 27.9. The zero-order valence-electron chi connectivity index (χ0n) is 26.2. The molecule has 4 heterocycles. The minimum absolute atomic E-state index is 0.0583. The van der Waals surface area contributed by atoms with Crippen LogP contribution < -0.4 is 14.4 Å². The zero-order valence-corrected chi connectivity index (χ0v) is 27.0. The lowest BCUT2D eigenvalue weighted by atomic mass is 9.72. The van der Waals surface area contributed by atoms with Gasteiger partial charge in [-0.3, -0.25) is 4.79 Å². The van der Waals surface area contributed by atoms with Crippen LogP contribution in [0, 0.1) is 11.2 Å². The maximum absolute atomic E-state index is 14.1. The molecule has 12 nitrogen and oxygen atoms in total. The molecule has 14 heteroatoms. The Morgan fingerprint density at radius 3 is 2.55 bits per heavy atom. The second-order valence-electron chi connectivity index (χ2n) is 12.8. The van der Waals surface area contributed by atoms with Crippen LogP contribution >= 0.6 is 0 Å². The molecular formula is C30H44FN7O5S. The van der Waals surface area contributed by atoms with Crippen LogP contribution in [0.5, 0.6) is 11.5 Å². The molecule has 1 N–H and O–H groups in total. The van der Waals surface area contributed by atoms with Crippen molar-refractivity contribution in [2.24, 2.45) is 5.41 Å². The van der Waals surface area contributed by atoms with Crippen LogP contribution in [0.3, 0.4) is 0 Å². The molecule has 0 saturated carbocycles. The van der Waals surface area contributed by atoms with Gasteiger partial charge in [0.2, 0.25) is 0 Å². The topological polar surface area (TPSA) is 120 Å². The van der Waals surface area contributed by atoms with Crippen molar-refractivity contribution in [1.29, 1.82) is 0 Å². The van der Waals surface area contributed by atoms with E-state index < -0.39 is 16.0 Å². The molecule has 2 aromatic rings. The number of anilines is 1. The molecule has 1 amide bonds. The quantitative estimate of drug-likeness (QED) is 0.421. The van der Waals surface area contributed by atoms with Crippen molar-refractivity contribution in [3.63, 3.8) is 0 Å². The van der Waals surface area contributed by atoms with E-state index in [0.29, 0.717) is 18.2 Å². The Labute approximate surface area is 259 Å². The molecule has 3 aliphatic heterocycles. The van der Waals surface area contributed by atoms with E-state index in [1.807, 2.05) is 13.8 Å². The highest BCUT2D eigenvalue weighted by molar-refractivity contribution is 7.87. The molecule has 2 atom stereocenters. The molecule has 1 aromatic heterocycles. The summed E-state index contributed by atoms with van der Waals surface area (Å²) in [6.07, 6.45) is 6.87. The summed E-state index contributed by atoms with van der Waals surface area (Å²) in [5.41, 5.74) is 0.342. The Morgan fingerprint density at radius 2 is 1.91 bits per heavy atom. The molecule has 0 bridgehead atoms. The first-order valence-corrected chi connectivity index (χ1v) is 16.6. The highest BCUT2D eigenvalue weighted by Crippen LogP contribution is 2.45. The van der Waals surface area contributed by atoms with Gasteiger partial charge in [0.05, 0.1) is 24.5 Å². The number of carbonyl (C=O) groups is 1. The van der Waals surface area contributed by atoms with Gasteiger partial charge in [0.1, 0.15) is 17.9 Å². The molecule has 44 heavy (non-hydrogen) atoms.